The number of ether oxygens (including phenoxy) is 2. The normalized spacial score (nSPS) is 17.2. The zero-order valence-electron chi connectivity index (χ0n) is 20.5. The molecule has 8 nitrogen and oxygen atoms in total. The van der Waals surface area contributed by atoms with Gasteiger partial charge in [0.15, 0.2) is 17.3 Å². The molecule has 0 saturated heterocycles. The van der Waals surface area contributed by atoms with Crippen LogP contribution in [0.3, 0.4) is 0 Å². The van der Waals surface area contributed by atoms with Crippen molar-refractivity contribution in [2.24, 2.45) is 5.92 Å². The molecule has 1 aliphatic carbocycles. The highest BCUT2D eigenvalue weighted by atomic mass is 35.5. The third-order valence-corrected chi connectivity index (χ3v) is 7.11. The van der Waals surface area contributed by atoms with Gasteiger partial charge in [0.2, 0.25) is 0 Å². The molecule has 0 amide bonds. The number of carbonyl (C=O) groups excluding carboxylic acids is 1. The highest BCUT2D eigenvalue weighted by molar-refractivity contribution is 6.35. The van der Waals surface area contributed by atoms with Crippen molar-refractivity contribution in [2.45, 2.75) is 31.7 Å². The van der Waals surface area contributed by atoms with Gasteiger partial charge in [-0.15, -0.1) is 0 Å². The van der Waals surface area contributed by atoms with E-state index in [0.717, 1.165) is 18.5 Å². The van der Waals surface area contributed by atoms with Gasteiger partial charge in [0, 0.05) is 41.8 Å². The quantitative estimate of drug-likeness (QED) is 0.221. The topological polar surface area (TPSA) is 114 Å². The number of pyridine rings is 1. The van der Waals surface area contributed by atoms with Crippen LogP contribution in [0.25, 0.3) is 11.0 Å². The van der Waals surface area contributed by atoms with Crippen LogP contribution >= 0.6 is 11.6 Å². The highest BCUT2D eigenvalue weighted by Gasteiger charge is 2.27. The Balaban J connectivity index is 1.39. The number of methoxy groups -OCH3 is 1. The smallest absolute Gasteiger partial charge is 0.306 e. The lowest BCUT2D eigenvalue weighted by Crippen LogP contribution is -2.29. The number of aromatic amines is 1. The van der Waals surface area contributed by atoms with Gasteiger partial charge in [0.05, 0.1) is 29.0 Å². The van der Waals surface area contributed by atoms with Crippen LogP contribution in [0.1, 0.15) is 41.6 Å². The molecular weight excluding hydrogens is 513 g/mol. The Morgan fingerprint density at radius 3 is 2.58 bits per heavy atom. The molecule has 10 heteroatoms. The molecule has 5 rings (SSSR count). The minimum Gasteiger partial charge on any atom is -0.493 e. The Labute approximate surface area is 222 Å². The third kappa shape index (κ3) is 5.15. The Morgan fingerprint density at radius 2 is 1.87 bits per heavy atom. The fraction of sp³-hybridized carbons (Fsp3) is 0.250. The van der Waals surface area contributed by atoms with Crippen LogP contribution in [-0.4, -0.2) is 40.0 Å². The van der Waals surface area contributed by atoms with Crippen LogP contribution in [0.2, 0.25) is 5.02 Å². The minimum atomic E-state index is -0.753. The van der Waals surface area contributed by atoms with Crippen LogP contribution in [0.5, 0.6) is 17.2 Å². The molecule has 196 valence electrons. The van der Waals surface area contributed by atoms with Crippen LogP contribution < -0.4 is 14.8 Å². The van der Waals surface area contributed by atoms with E-state index in [4.69, 9.17) is 21.1 Å². The zero-order valence-corrected chi connectivity index (χ0v) is 21.2. The number of H-pyrrole nitrogens is 1. The summed E-state index contributed by atoms with van der Waals surface area (Å²) in [5.74, 6) is -1.00. The summed E-state index contributed by atoms with van der Waals surface area (Å²) < 4.78 is 24.7. The number of ketones is 1. The minimum absolute atomic E-state index is 0.0916. The molecular formula is C28H25ClFN3O5. The number of carboxylic acids is 1. The molecule has 38 heavy (non-hydrogen) atoms. The van der Waals surface area contributed by atoms with Crippen molar-refractivity contribution < 1.29 is 28.6 Å². The van der Waals surface area contributed by atoms with E-state index < -0.39 is 11.8 Å². The van der Waals surface area contributed by atoms with Gasteiger partial charge in [-0.25, -0.2) is 9.37 Å². The van der Waals surface area contributed by atoms with Gasteiger partial charge in [-0.05, 0) is 56.0 Å². The van der Waals surface area contributed by atoms with Gasteiger partial charge in [-0.2, -0.15) is 0 Å². The van der Waals surface area contributed by atoms with Crippen LogP contribution in [-0.2, 0) is 4.79 Å². The number of nitrogens with one attached hydrogen (secondary N) is 2. The van der Waals surface area contributed by atoms with E-state index in [2.05, 4.69) is 15.3 Å². The number of fused-ring (bicyclic) bond motifs is 1. The molecule has 1 fully saturated rings. The van der Waals surface area contributed by atoms with E-state index in [0.29, 0.717) is 40.9 Å². The molecule has 2 heterocycles. The summed E-state index contributed by atoms with van der Waals surface area (Å²) in [4.78, 5) is 32.3. The van der Waals surface area contributed by atoms with Gasteiger partial charge in [-0.3, -0.25) is 9.59 Å². The van der Waals surface area contributed by atoms with Gasteiger partial charge in [-0.1, -0.05) is 11.6 Å². The SMILES string of the molecule is COc1ccc(F)cc1Oc1ccc(C(=O)c2c[nH]c3nccc(N[C@H]4CC[C@H](C(=O)O)CC4)c23)c(Cl)c1. The van der Waals surface area contributed by atoms with Crippen molar-refractivity contribution in [2.75, 3.05) is 12.4 Å². The van der Waals surface area contributed by atoms with E-state index >= 15 is 0 Å². The number of rotatable bonds is 8. The number of halogens is 2. The lowest BCUT2D eigenvalue weighted by atomic mass is 9.86. The van der Waals surface area contributed by atoms with Gasteiger partial charge in [0.1, 0.15) is 17.2 Å². The number of benzene rings is 2. The standard InChI is InChI=1S/C28H25ClFN3O5/c1-37-23-9-4-16(30)12-24(23)38-18-7-8-19(21(29)13-18)26(34)20-14-32-27-25(20)22(10-11-31-27)33-17-5-2-15(3-6-17)28(35)36/h4,7-15,17H,2-3,5-6H2,1H3,(H,35,36)(H2,31,32,33)/t15-,17-. The zero-order chi connectivity index (χ0) is 26.8. The average Bonchev–Trinajstić information content (AvgIpc) is 3.34. The maximum Gasteiger partial charge on any atom is 0.306 e. The first kappa shape index (κ1) is 25.5. The summed E-state index contributed by atoms with van der Waals surface area (Å²) in [5, 5.41) is 13.6. The summed E-state index contributed by atoms with van der Waals surface area (Å²) >= 11 is 6.50. The average molecular weight is 538 g/mol. The Morgan fingerprint density at radius 1 is 1.08 bits per heavy atom. The second-order valence-electron chi connectivity index (χ2n) is 9.18. The van der Waals surface area contributed by atoms with Crippen molar-refractivity contribution >= 4 is 40.1 Å². The molecule has 0 atom stereocenters. The molecule has 2 aromatic heterocycles. The first-order valence-corrected chi connectivity index (χ1v) is 12.5. The summed E-state index contributed by atoms with van der Waals surface area (Å²) in [6.07, 6.45) is 5.90. The molecule has 0 aliphatic heterocycles. The number of nitrogens with zero attached hydrogens (tertiary/aromatic N) is 1. The predicted octanol–water partition coefficient (Wildman–Crippen LogP) is 6.44. The second kappa shape index (κ2) is 10.7. The number of anilines is 1. The maximum absolute atomic E-state index is 13.7. The summed E-state index contributed by atoms with van der Waals surface area (Å²) in [6.45, 7) is 0. The van der Waals surface area contributed by atoms with Crippen LogP contribution in [0.15, 0.2) is 54.9 Å². The van der Waals surface area contributed by atoms with Crippen molar-refractivity contribution in [3.63, 3.8) is 0 Å². The summed E-state index contributed by atoms with van der Waals surface area (Å²) in [6, 6.07) is 10.5. The lowest BCUT2D eigenvalue weighted by molar-refractivity contribution is -0.142. The lowest BCUT2D eigenvalue weighted by Gasteiger charge is -2.28. The van der Waals surface area contributed by atoms with Crippen molar-refractivity contribution in [1.82, 2.24) is 9.97 Å². The molecule has 3 N–H and O–H groups in total. The fourth-order valence-electron chi connectivity index (χ4n) is 4.81. The van der Waals surface area contributed by atoms with Gasteiger partial charge >= 0.3 is 5.97 Å². The summed E-state index contributed by atoms with van der Waals surface area (Å²) in [7, 11) is 1.45. The van der Waals surface area contributed by atoms with Crippen LogP contribution in [0.4, 0.5) is 10.1 Å². The number of carboxylic acid groups (broad SMARTS) is 1. The molecule has 0 unspecified atom stereocenters. The Bertz CT molecular complexity index is 1510. The Kier molecular flexibility index (Phi) is 7.20. The first-order valence-electron chi connectivity index (χ1n) is 12.1. The van der Waals surface area contributed by atoms with E-state index in [1.165, 1.54) is 31.4 Å². The van der Waals surface area contributed by atoms with Gasteiger partial charge < -0.3 is 24.9 Å². The Hall–Kier alpha value is -4.11. The number of hydrogen-bond acceptors (Lipinski definition) is 6. The number of aliphatic carboxylic acids is 1. The van der Waals surface area contributed by atoms with Crippen molar-refractivity contribution in [3.05, 3.63) is 76.8 Å². The molecule has 1 aliphatic rings. The van der Waals surface area contributed by atoms with Crippen molar-refractivity contribution in [1.29, 1.82) is 0 Å². The largest absolute Gasteiger partial charge is 0.493 e. The van der Waals surface area contributed by atoms with Crippen LogP contribution in [0, 0.1) is 11.7 Å². The molecule has 0 radical (unpaired) electrons. The van der Waals surface area contributed by atoms with E-state index in [1.807, 2.05) is 0 Å². The number of hydrogen-bond donors (Lipinski definition) is 3. The third-order valence-electron chi connectivity index (χ3n) is 6.79. The molecule has 2 aromatic carbocycles. The molecule has 4 aromatic rings. The number of aromatic nitrogens is 2. The predicted molar refractivity (Wildman–Crippen MR) is 141 cm³/mol. The van der Waals surface area contributed by atoms with E-state index in [-0.39, 0.29) is 34.1 Å². The molecule has 1 saturated carbocycles. The fourth-order valence-corrected chi connectivity index (χ4v) is 5.06. The monoisotopic (exact) mass is 537 g/mol. The molecule has 0 bridgehead atoms. The number of carbonyl (C=O) groups is 2. The van der Waals surface area contributed by atoms with Crippen molar-refractivity contribution in [3.8, 4) is 17.2 Å². The molecule has 0 spiro atoms. The summed E-state index contributed by atoms with van der Waals surface area (Å²) in [5.41, 5.74) is 1.96. The first-order chi connectivity index (χ1) is 18.3. The van der Waals surface area contributed by atoms with Gasteiger partial charge in [0.25, 0.3) is 0 Å². The maximum atomic E-state index is 13.7. The second-order valence-corrected chi connectivity index (χ2v) is 9.59. The van der Waals surface area contributed by atoms with E-state index in [1.54, 1.807) is 30.6 Å². The van der Waals surface area contributed by atoms with E-state index in [9.17, 15) is 19.1 Å². The highest BCUT2D eigenvalue weighted by Crippen LogP contribution is 2.36.